The summed E-state index contributed by atoms with van der Waals surface area (Å²) in [7, 11) is 2.01. The summed E-state index contributed by atoms with van der Waals surface area (Å²) in [5, 5.41) is 0. The van der Waals surface area contributed by atoms with Gasteiger partial charge in [0.15, 0.2) is 0 Å². The van der Waals surface area contributed by atoms with Gasteiger partial charge in [0, 0.05) is 18.9 Å². The van der Waals surface area contributed by atoms with E-state index in [1.165, 1.54) is 5.69 Å². The molecule has 3 nitrogen and oxygen atoms in total. The van der Waals surface area contributed by atoms with Crippen molar-refractivity contribution in [3.63, 3.8) is 0 Å². The zero-order valence-corrected chi connectivity index (χ0v) is 7.12. The van der Waals surface area contributed by atoms with Crippen LogP contribution in [0.4, 0.5) is 0 Å². The van der Waals surface area contributed by atoms with E-state index < -0.39 is 0 Å². The van der Waals surface area contributed by atoms with Crippen molar-refractivity contribution in [2.75, 3.05) is 6.54 Å². The van der Waals surface area contributed by atoms with Crippen molar-refractivity contribution in [3.8, 4) is 0 Å². The van der Waals surface area contributed by atoms with E-state index in [0.717, 1.165) is 13.0 Å². The van der Waals surface area contributed by atoms with Gasteiger partial charge in [-0.05, 0) is 18.9 Å². The van der Waals surface area contributed by atoms with Gasteiger partial charge in [-0.3, -0.25) is 0 Å². The van der Waals surface area contributed by atoms with Crippen LogP contribution in [0.2, 0.25) is 0 Å². The molecule has 0 saturated carbocycles. The fourth-order valence-corrected chi connectivity index (χ4v) is 1.24. The van der Waals surface area contributed by atoms with E-state index in [-0.39, 0.29) is 0 Å². The van der Waals surface area contributed by atoms with Crippen LogP contribution in [0.5, 0.6) is 0 Å². The molecule has 0 saturated heterocycles. The van der Waals surface area contributed by atoms with Crippen molar-refractivity contribution in [2.45, 2.75) is 19.3 Å². The van der Waals surface area contributed by atoms with Crippen LogP contribution >= 0.6 is 0 Å². The Labute approximate surface area is 67.2 Å². The molecule has 0 amide bonds. The highest BCUT2D eigenvalue weighted by Crippen LogP contribution is 2.15. The van der Waals surface area contributed by atoms with Crippen LogP contribution < -0.4 is 5.73 Å². The summed E-state index contributed by atoms with van der Waals surface area (Å²) in [5.74, 6) is 0.521. The molecule has 0 aliphatic heterocycles. The minimum Gasteiger partial charge on any atom is -0.337 e. The van der Waals surface area contributed by atoms with Crippen molar-refractivity contribution in [2.24, 2.45) is 12.8 Å². The maximum atomic E-state index is 5.46. The molecule has 2 N–H and O–H groups in total. The predicted molar refractivity (Wildman–Crippen MR) is 45.3 cm³/mol. The predicted octanol–water partition coefficient (Wildman–Crippen LogP) is 0.872. The van der Waals surface area contributed by atoms with Crippen molar-refractivity contribution in [1.29, 1.82) is 0 Å². The van der Waals surface area contributed by atoms with Gasteiger partial charge in [0.2, 0.25) is 0 Å². The Balaban J connectivity index is 2.67. The van der Waals surface area contributed by atoms with Crippen LogP contribution in [0.15, 0.2) is 12.5 Å². The quantitative estimate of drug-likeness (QED) is 0.700. The number of aromatic nitrogens is 2. The Morgan fingerprint density at radius 2 is 2.45 bits per heavy atom. The topological polar surface area (TPSA) is 43.8 Å². The standard InChI is InChI=1S/C8H15N3/c1-7(3-4-9)8-5-10-6-11(8)2/h5-7H,3-4,9H2,1-2H3. The summed E-state index contributed by atoms with van der Waals surface area (Å²) in [4.78, 5) is 4.05. The molecular formula is C8H15N3. The summed E-state index contributed by atoms with van der Waals surface area (Å²) >= 11 is 0. The van der Waals surface area contributed by atoms with Gasteiger partial charge < -0.3 is 10.3 Å². The number of rotatable bonds is 3. The van der Waals surface area contributed by atoms with Crippen LogP contribution in [0.1, 0.15) is 25.0 Å². The van der Waals surface area contributed by atoms with Gasteiger partial charge >= 0.3 is 0 Å². The van der Waals surface area contributed by atoms with E-state index in [2.05, 4.69) is 11.9 Å². The molecule has 0 spiro atoms. The summed E-state index contributed by atoms with van der Waals surface area (Å²) in [6, 6.07) is 0. The summed E-state index contributed by atoms with van der Waals surface area (Å²) < 4.78 is 2.04. The number of hydrogen-bond donors (Lipinski definition) is 1. The van der Waals surface area contributed by atoms with E-state index in [1.807, 2.05) is 24.1 Å². The first-order valence-electron chi connectivity index (χ1n) is 3.92. The van der Waals surface area contributed by atoms with E-state index in [1.54, 1.807) is 0 Å². The third-order valence-electron chi connectivity index (χ3n) is 1.96. The lowest BCUT2D eigenvalue weighted by molar-refractivity contribution is 0.639. The largest absolute Gasteiger partial charge is 0.337 e. The molecule has 1 aromatic rings. The third-order valence-corrected chi connectivity index (χ3v) is 1.96. The van der Waals surface area contributed by atoms with Crippen LogP contribution in [-0.4, -0.2) is 16.1 Å². The van der Waals surface area contributed by atoms with Gasteiger partial charge in [-0.25, -0.2) is 4.98 Å². The smallest absolute Gasteiger partial charge is 0.0945 e. The molecule has 62 valence electrons. The molecule has 1 unspecified atom stereocenters. The van der Waals surface area contributed by atoms with Gasteiger partial charge in [0.25, 0.3) is 0 Å². The van der Waals surface area contributed by atoms with Crippen molar-refractivity contribution in [1.82, 2.24) is 9.55 Å². The molecule has 0 aliphatic rings. The summed E-state index contributed by atoms with van der Waals surface area (Å²) in [6.07, 6.45) is 4.75. The first kappa shape index (κ1) is 8.27. The van der Waals surface area contributed by atoms with Gasteiger partial charge in [-0.2, -0.15) is 0 Å². The normalized spacial score (nSPS) is 13.4. The van der Waals surface area contributed by atoms with E-state index in [0.29, 0.717) is 5.92 Å². The highest BCUT2D eigenvalue weighted by molar-refractivity contribution is 5.04. The lowest BCUT2D eigenvalue weighted by Crippen LogP contribution is -2.07. The fourth-order valence-electron chi connectivity index (χ4n) is 1.24. The first-order chi connectivity index (χ1) is 5.25. The SMILES string of the molecule is CC(CCN)c1cncn1C. The Morgan fingerprint density at radius 1 is 1.73 bits per heavy atom. The third kappa shape index (κ3) is 1.80. The molecule has 0 aliphatic carbocycles. The van der Waals surface area contributed by atoms with E-state index in [4.69, 9.17) is 5.73 Å². The second kappa shape index (κ2) is 3.53. The van der Waals surface area contributed by atoms with Crippen molar-refractivity contribution < 1.29 is 0 Å². The molecule has 1 rings (SSSR count). The molecule has 0 bridgehead atoms. The summed E-state index contributed by atoms with van der Waals surface area (Å²) in [6.45, 7) is 2.91. The molecule has 1 aromatic heterocycles. The average molecular weight is 153 g/mol. The molecule has 0 fully saturated rings. The second-order valence-corrected chi connectivity index (χ2v) is 2.91. The maximum absolute atomic E-state index is 5.46. The number of nitrogens with zero attached hydrogens (tertiary/aromatic N) is 2. The first-order valence-corrected chi connectivity index (χ1v) is 3.92. The van der Waals surface area contributed by atoms with Crippen molar-refractivity contribution >= 4 is 0 Å². The molecule has 0 aromatic carbocycles. The van der Waals surface area contributed by atoms with Crippen molar-refractivity contribution in [3.05, 3.63) is 18.2 Å². The number of hydrogen-bond acceptors (Lipinski definition) is 2. The van der Waals surface area contributed by atoms with Gasteiger partial charge in [-0.1, -0.05) is 6.92 Å². The Morgan fingerprint density at radius 3 is 2.91 bits per heavy atom. The second-order valence-electron chi connectivity index (χ2n) is 2.91. The van der Waals surface area contributed by atoms with E-state index >= 15 is 0 Å². The molecule has 1 atom stereocenters. The molecular weight excluding hydrogens is 138 g/mol. The highest BCUT2D eigenvalue weighted by atomic mass is 15.0. The highest BCUT2D eigenvalue weighted by Gasteiger charge is 2.06. The molecule has 0 radical (unpaired) electrons. The lowest BCUT2D eigenvalue weighted by Gasteiger charge is -2.09. The minimum absolute atomic E-state index is 0.521. The van der Waals surface area contributed by atoms with Crippen LogP contribution in [0.25, 0.3) is 0 Å². The van der Waals surface area contributed by atoms with E-state index in [9.17, 15) is 0 Å². The number of imidazole rings is 1. The Kier molecular flexibility index (Phi) is 2.65. The van der Waals surface area contributed by atoms with Gasteiger partial charge in [0.1, 0.15) is 0 Å². The van der Waals surface area contributed by atoms with Crippen LogP contribution in [0, 0.1) is 0 Å². The van der Waals surface area contributed by atoms with Gasteiger partial charge in [-0.15, -0.1) is 0 Å². The lowest BCUT2D eigenvalue weighted by atomic mass is 10.1. The Hall–Kier alpha value is -0.830. The average Bonchev–Trinajstić information content (AvgIpc) is 2.36. The Bertz CT molecular complexity index is 217. The zero-order valence-electron chi connectivity index (χ0n) is 7.12. The number of aryl methyl sites for hydroxylation is 1. The molecule has 11 heavy (non-hydrogen) atoms. The fraction of sp³-hybridized carbons (Fsp3) is 0.625. The monoisotopic (exact) mass is 153 g/mol. The number of nitrogens with two attached hydrogens (primary N) is 1. The molecule has 3 heteroatoms. The zero-order chi connectivity index (χ0) is 8.27. The van der Waals surface area contributed by atoms with Gasteiger partial charge in [0.05, 0.1) is 6.33 Å². The maximum Gasteiger partial charge on any atom is 0.0945 e. The minimum atomic E-state index is 0.521. The van der Waals surface area contributed by atoms with Crippen LogP contribution in [0.3, 0.4) is 0 Å². The summed E-state index contributed by atoms with van der Waals surface area (Å²) in [5.41, 5.74) is 6.72. The van der Waals surface area contributed by atoms with Crippen LogP contribution in [-0.2, 0) is 7.05 Å². The molecule has 1 heterocycles.